The van der Waals surface area contributed by atoms with Crippen LogP contribution in [0.15, 0.2) is 70.4 Å². The van der Waals surface area contributed by atoms with E-state index < -0.39 is 6.10 Å². The summed E-state index contributed by atoms with van der Waals surface area (Å²) >= 11 is 12.2. The molecule has 4 rings (SSSR count). The Morgan fingerprint density at radius 2 is 1.97 bits per heavy atom. The van der Waals surface area contributed by atoms with Crippen LogP contribution >= 0.6 is 23.2 Å². The smallest absolute Gasteiger partial charge is 0.145 e. The van der Waals surface area contributed by atoms with Crippen molar-refractivity contribution in [2.24, 2.45) is 5.16 Å². The minimum atomic E-state index is -0.729. The number of benzene rings is 2. The fourth-order valence-electron chi connectivity index (χ4n) is 3.75. The Morgan fingerprint density at radius 1 is 1.15 bits per heavy atom. The maximum absolute atomic E-state index is 13.3. The first-order valence-electron chi connectivity index (χ1n) is 10.9. The summed E-state index contributed by atoms with van der Waals surface area (Å²) in [4.78, 5) is 7.72. The molecule has 0 spiro atoms. The number of aliphatic hydroxyl groups is 1. The SMILES string of the molecule is OC(COCc1ccco1)CN(Cc1ccc(F)cc1)CC1CC(c2ccc(Cl)c(Cl)c2)=NO1. The lowest BCUT2D eigenvalue weighted by atomic mass is 10.0. The summed E-state index contributed by atoms with van der Waals surface area (Å²) in [7, 11) is 0. The van der Waals surface area contributed by atoms with Crippen molar-refractivity contribution in [3.63, 3.8) is 0 Å². The lowest BCUT2D eigenvalue weighted by Gasteiger charge is -2.27. The molecule has 1 aromatic heterocycles. The number of hydrogen-bond acceptors (Lipinski definition) is 6. The van der Waals surface area contributed by atoms with Gasteiger partial charge in [0.2, 0.25) is 0 Å². The lowest BCUT2D eigenvalue weighted by Crippen LogP contribution is -2.39. The molecule has 1 N–H and O–H groups in total. The quantitative estimate of drug-likeness (QED) is 0.382. The highest BCUT2D eigenvalue weighted by molar-refractivity contribution is 6.42. The van der Waals surface area contributed by atoms with Crippen LogP contribution in [-0.2, 0) is 22.7 Å². The molecule has 9 heteroatoms. The van der Waals surface area contributed by atoms with Crippen LogP contribution in [0.1, 0.15) is 23.3 Å². The lowest BCUT2D eigenvalue weighted by molar-refractivity contribution is -0.00956. The van der Waals surface area contributed by atoms with E-state index in [4.69, 9.17) is 37.2 Å². The summed E-state index contributed by atoms with van der Waals surface area (Å²) in [6.45, 7) is 1.81. The largest absolute Gasteiger partial charge is 0.467 e. The Bertz CT molecular complexity index is 1090. The van der Waals surface area contributed by atoms with Crippen LogP contribution in [0.5, 0.6) is 0 Å². The van der Waals surface area contributed by atoms with Gasteiger partial charge in [-0.3, -0.25) is 4.90 Å². The minimum absolute atomic E-state index is 0.150. The van der Waals surface area contributed by atoms with E-state index in [1.54, 1.807) is 36.6 Å². The van der Waals surface area contributed by atoms with Crippen LogP contribution in [0.3, 0.4) is 0 Å². The van der Waals surface area contributed by atoms with Crippen molar-refractivity contribution < 1.29 is 23.5 Å². The van der Waals surface area contributed by atoms with Gasteiger partial charge in [-0.1, -0.05) is 46.6 Å². The van der Waals surface area contributed by atoms with Crippen molar-refractivity contribution in [3.8, 4) is 0 Å². The fraction of sp³-hybridized carbons (Fsp3) is 0.320. The molecule has 0 amide bonds. The number of hydrogen-bond donors (Lipinski definition) is 1. The van der Waals surface area contributed by atoms with Gasteiger partial charge in [-0.05, 0) is 42.0 Å². The van der Waals surface area contributed by atoms with Gasteiger partial charge >= 0.3 is 0 Å². The summed E-state index contributed by atoms with van der Waals surface area (Å²) in [5.74, 6) is 0.405. The molecule has 0 fully saturated rings. The van der Waals surface area contributed by atoms with E-state index in [0.29, 0.717) is 41.9 Å². The minimum Gasteiger partial charge on any atom is -0.467 e. The number of nitrogens with zero attached hydrogens (tertiary/aromatic N) is 2. The molecule has 180 valence electrons. The van der Waals surface area contributed by atoms with E-state index in [1.165, 1.54) is 12.1 Å². The number of oxime groups is 1. The molecule has 2 unspecified atom stereocenters. The summed E-state index contributed by atoms with van der Waals surface area (Å²) in [5.41, 5.74) is 2.56. The topological polar surface area (TPSA) is 67.4 Å². The summed E-state index contributed by atoms with van der Waals surface area (Å²) in [6, 6.07) is 15.3. The predicted octanol–water partition coefficient (Wildman–Crippen LogP) is 5.30. The van der Waals surface area contributed by atoms with Crippen molar-refractivity contribution in [3.05, 3.63) is 93.6 Å². The van der Waals surface area contributed by atoms with E-state index in [-0.39, 0.29) is 25.1 Å². The predicted molar refractivity (Wildman–Crippen MR) is 129 cm³/mol. The average molecular weight is 507 g/mol. The Hall–Kier alpha value is -2.42. The Balaban J connectivity index is 1.35. The van der Waals surface area contributed by atoms with Crippen LogP contribution in [-0.4, -0.2) is 47.6 Å². The third-order valence-electron chi connectivity index (χ3n) is 5.37. The zero-order chi connectivity index (χ0) is 23.9. The second-order valence-corrected chi connectivity index (χ2v) is 8.98. The zero-order valence-corrected chi connectivity index (χ0v) is 19.9. The first-order valence-corrected chi connectivity index (χ1v) is 11.6. The summed E-state index contributed by atoms with van der Waals surface area (Å²) < 4.78 is 24.2. The number of rotatable bonds is 11. The van der Waals surface area contributed by atoms with E-state index in [9.17, 15) is 9.50 Å². The molecule has 6 nitrogen and oxygen atoms in total. The van der Waals surface area contributed by atoms with Crippen molar-refractivity contribution in [2.45, 2.75) is 31.8 Å². The van der Waals surface area contributed by atoms with Crippen molar-refractivity contribution >= 4 is 28.9 Å². The van der Waals surface area contributed by atoms with Gasteiger partial charge in [-0.15, -0.1) is 0 Å². The second kappa shape index (κ2) is 11.8. The molecule has 0 radical (unpaired) electrons. The van der Waals surface area contributed by atoms with Crippen molar-refractivity contribution in [1.82, 2.24) is 4.90 Å². The molecular formula is C25H25Cl2FN2O4. The van der Waals surface area contributed by atoms with E-state index in [1.807, 2.05) is 17.0 Å². The molecule has 2 aromatic carbocycles. The third kappa shape index (κ3) is 7.04. The van der Waals surface area contributed by atoms with E-state index >= 15 is 0 Å². The molecule has 3 aromatic rings. The van der Waals surface area contributed by atoms with Gasteiger partial charge in [-0.2, -0.15) is 0 Å². The zero-order valence-electron chi connectivity index (χ0n) is 18.4. The average Bonchev–Trinajstić information content (AvgIpc) is 3.50. The molecule has 1 aliphatic rings. The molecule has 0 saturated heterocycles. The van der Waals surface area contributed by atoms with Gasteiger partial charge in [-0.25, -0.2) is 4.39 Å². The van der Waals surface area contributed by atoms with Crippen LogP contribution in [0.25, 0.3) is 0 Å². The van der Waals surface area contributed by atoms with Crippen molar-refractivity contribution in [1.29, 1.82) is 0 Å². The molecule has 1 aliphatic heterocycles. The summed E-state index contributed by atoms with van der Waals surface area (Å²) in [6.07, 6.45) is 1.23. The third-order valence-corrected chi connectivity index (χ3v) is 6.11. The summed E-state index contributed by atoms with van der Waals surface area (Å²) in [5, 5.41) is 15.7. The monoisotopic (exact) mass is 506 g/mol. The molecule has 34 heavy (non-hydrogen) atoms. The van der Waals surface area contributed by atoms with Gasteiger partial charge in [0.15, 0.2) is 0 Å². The fourth-order valence-corrected chi connectivity index (χ4v) is 4.05. The number of furan rings is 1. The normalized spacial score (nSPS) is 16.5. The Labute approximate surface area is 207 Å². The second-order valence-electron chi connectivity index (χ2n) is 8.17. The van der Waals surface area contributed by atoms with Gasteiger partial charge < -0.3 is 19.1 Å². The van der Waals surface area contributed by atoms with Crippen LogP contribution in [0.2, 0.25) is 10.0 Å². The highest BCUT2D eigenvalue weighted by atomic mass is 35.5. The van der Waals surface area contributed by atoms with Crippen molar-refractivity contribution in [2.75, 3.05) is 19.7 Å². The Morgan fingerprint density at radius 3 is 2.71 bits per heavy atom. The number of aliphatic hydroxyl groups excluding tert-OH is 1. The van der Waals surface area contributed by atoms with E-state index in [2.05, 4.69) is 5.16 Å². The van der Waals surface area contributed by atoms with Gasteiger partial charge in [0.05, 0.1) is 34.7 Å². The van der Waals surface area contributed by atoms with Gasteiger partial charge in [0.1, 0.15) is 24.3 Å². The van der Waals surface area contributed by atoms with Gasteiger partial charge in [0.25, 0.3) is 0 Å². The van der Waals surface area contributed by atoms with Crippen LogP contribution in [0.4, 0.5) is 4.39 Å². The number of halogens is 3. The highest BCUT2D eigenvalue weighted by Gasteiger charge is 2.26. The van der Waals surface area contributed by atoms with Crippen LogP contribution in [0, 0.1) is 5.82 Å². The molecule has 2 heterocycles. The van der Waals surface area contributed by atoms with E-state index in [0.717, 1.165) is 16.8 Å². The van der Waals surface area contributed by atoms with Gasteiger partial charge in [0, 0.05) is 31.6 Å². The molecule has 0 aliphatic carbocycles. The first kappa shape index (κ1) is 24.7. The van der Waals surface area contributed by atoms with Crippen LogP contribution < -0.4 is 0 Å². The maximum Gasteiger partial charge on any atom is 0.145 e. The molecule has 0 saturated carbocycles. The first-order chi connectivity index (χ1) is 16.5. The molecule has 2 atom stereocenters. The Kier molecular flexibility index (Phi) is 8.59. The standard InChI is InChI=1S/C25H25Cl2FN2O4/c26-23-8-5-18(10-24(23)27)25-11-22(34-29-25)14-30(12-17-3-6-19(28)7-4-17)13-20(31)15-32-16-21-2-1-9-33-21/h1-10,20,22,31H,11-16H2. The highest BCUT2D eigenvalue weighted by Crippen LogP contribution is 2.26. The molecule has 0 bridgehead atoms. The maximum atomic E-state index is 13.3. The number of ether oxygens (including phenoxy) is 1. The molecular weight excluding hydrogens is 482 g/mol.